The summed E-state index contributed by atoms with van der Waals surface area (Å²) in [6, 6.07) is 12.3. The van der Waals surface area contributed by atoms with Crippen molar-refractivity contribution in [1.29, 1.82) is 10.5 Å². The van der Waals surface area contributed by atoms with Crippen LogP contribution >= 0.6 is 11.6 Å². The van der Waals surface area contributed by atoms with Gasteiger partial charge in [0.05, 0.1) is 17.7 Å². The lowest BCUT2D eigenvalue weighted by Crippen LogP contribution is -2.06. The molecular weight excluding hydrogens is 400 g/mol. The van der Waals surface area contributed by atoms with Gasteiger partial charge in [0.1, 0.15) is 17.3 Å². The first-order valence-electron chi connectivity index (χ1n) is 8.00. The van der Waals surface area contributed by atoms with Gasteiger partial charge in [-0.15, -0.1) is 10.2 Å². The van der Waals surface area contributed by atoms with Crippen LogP contribution in [-0.2, 0) is 0 Å². The lowest BCUT2D eigenvalue weighted by molar-refractivity contribution is 0.589. The van der Waals surface area contributed by atoms with Crippen molar-refractivity contribution in [2.75, 3.05) is 10.6 Å². The van der Waals surface area contributed by atoms with E-state index in [2.05, 4.69) is 25.8 Å². The van der Waals surface area contributed by atoms with Crippen LogP contribution in [0.4, 0.5) is 31.9 Å². The summed E-state index contributed by atoms with van der Waals surface area (Å²) in [6.07, 6.45) is 2.38. The smallest absolute Gasteiger partial charge is 0.249 e. The summed E-state index contributed by atoms with van der Waals surface area (Å²) in [4.78, 5) is 4.08. The monoisotopic (exact) mass is 409 g/mol. The number of halogens is 3. The van der Waals surface area contributed by atoms with Crippen molar-refractivity contribution in [3.05, 3.63) is 70.4 Å². The second-order valence-electron chi connectivity index (χ2n) is 5.54. The van der Waals surface area contributed by atoms with Crippen LogP contribution in [-0.4, -0.2) is 15.2 Å². The van der Waals surface area contributed by atoms with Crippen molar-refractivity contribution in [1.82, 2.24) is 15.2 Å². The van der Waals surface area contributed by atoms with E-state index < -0.39 is 17.3 Å². The molecule has 1 aromatic heterocycles. The highest BCUT2D eigenvalue weighted by Gasteiger charge is 2.14. The number of anilines is 4. The van der Waals surface area contributed by atoms with Gasteiger partial charge in [0.25, 0.3) is 0 Å². The third-order valence-corrected chi connectivity index (χ3v) is 3.83. The second-order valence-corrected chi connectivity index (χ2v) is 5.89. The summed E-state index contributed by atoms with van der Waals surface area (Å²) in [5.41, 5.74) is 0.755. The molecule has 0 saturated carbocycles. The maximum atomic E-state index is 14.3. The van der Waals surface area contributed by atoms with E-state index in [1.54, 1.807) is 30.3 Å². The van der Waals surface area contributed by atoms with E-state index in [0.717, 1.165) is 18.2 Å². The lowest BCUT2D eigenvalue weighted by Gasteiger charge is -2.11. The molecule has 142 valence electrons. The van der Waals surface area contributed by atoms with Crippen molar-refractivity contribution in [2.45, 2.75) is 0 Å². The number of nitrogens with one attached hydrogen (secondary N) is 2. The molecule has 0 amide bonds. The highest BCUT2D eigenvalue weighted by molar-refractivity contribution is 6.31. The van der Waals surface area contributed by atoms with Crippen LogP contribution in [0.1, 0.15) is 11.1 Å². The maximum Gasteiger partial charge on any atom is 0.249 e. The van der Waals surface area contributed by atoms with Crippen molar-refractivity contribution in [3.63, 3.8) is 0 Å². The van der Waals surface area contributed by atoms with Crippen molar-refractivity contribution >= 4 is 40.8 Å². The van der Waals surface area contributed by atoms with E-state index in [0.29, 0.717) is 11.3 Å². The Bertz CT molecular complexity index is 1140. The molecule has 3 aromatic rings. The fourth-order valence-corrected chi connectivity index (χ4v) is 2.39. The fraction of sp³-hybridized carbons (Fsp3) is 0. The van der Waals surface area contributed by atoms with Crippen LogP contribution in [0.3, 0.4) is 0 Å². The number of aromatic nitrogens is 3. The van der Waals surface area contributed by atoms with Gasteiger partial charge in [-0.3, -0.25) is 0 Å². The third-order valence-electron chi connectivity index (χ3n) is 3.57. The molecule has 0 fully saturated rings. The van der Waals surface area contributed by atoms with Gasteiger partial charge in [-0.25, -0.2) is 8.78 Å². The molecule has 0 saturated heterocycles. The number of nitriles is 2. The molecule has 3 rings (SSSR count). The summed E-state index contributed by atoms with van der Waals surface area (Å²) in [6.45, 7) is 0. The molecule has 2 N–H and O–H groups in total. The summed E-state index contributed by atoms with van der Waals surface area (Å²) in [5, 5.41) is 30.0. The highest BCUT2D eigenvalue weighted by atomic mass is 35.5. The molecule has 2 aromatic carbocycles. The number of allylic oxidation sites excluding steroid dienone is 1. The number of nitrogens with zero attached hydrogens (tertiary/aromatic N) is 5. The minimum Gasteiger partial charge on any atom is -0.337 e. The Hall–Kier alpha value is -4.08. The van der Waals surface area contributed by atoms with E-state index in [1.807, 2.05) is 6.07 Å². The molecule has 0 atom stereocenters. The summed E-state index contributed by atoms with van der Waals surface area (Å²) in [5.74, 6) is -1.89. The Balaban J connectivity index is 1.85. The quantitative estimate of drug-likeness (QED) is 0.587. The largest absolute Gasteiger partial charge is 0.337 e. The van der Waals surface area contributed by atoms with Crippen LogP contribution in [0.15, 0.2) is 42.5 Å². The normalized spacial score (nSPS) is 10.4. The van der Waals surface area contributed by atoms with Crippen LogP contribution < -0.4 is 10.6 Å². The van der Waals surface area contributed by atoms with E-state index in [4.69, 9.17) is 22.1 Å². The van der Waals surface area contributed by atoms with Gasteiger partial charge in [0.2, 0.25) is 5.95 Å². The second kappa shape index (κ2) is 8.74. The lowest BCUT2D eigenvalue weighted by atomic mass is 10.1. The number of hydrogen-bond donors (Lipinski definition) is 2. The van der Waals surface area contributed by atoms with Gasteiger partial charge in [0, 0.05) is 11.8 Å². The number of rotatable bonds is 5. The first-order chi connectivity index (χ1) is 14.0. The summed E-state index contributed by atoms with van der Waals surface area (Å²) in [7, 11) is 0. The summed E-state index contributed by atoms with van der Waals surface area (Å²) >= 11 is 5.98. The van der Waals surface area contributed by atoms with Gasteiger partial charge in [-0.1, -0.05) is 11.6 Å². The van der Waals surface area contributed by atoms with Crippen LogP contribution in [0.2, 0.25) is 5.15 Å². The molecule has 0 aliphatic carbocycles. The van der Waals surface area contributed by atoms with E-state index in [9.17, 15) is 8.78 Å². The first-order valence-corrected chi connectivity index (χ1v) is 8.37. The van der Waals surface area contributed by atoms with Crippen molar-refractivity contribution in [2.24, 2.45) is 0 Å². The third kappa shape index (κ3) is 4.80. The average Bonchev–Trinajstić information content (AvgIpc) is 2.72. The van der Waals surface area contributed by atoms with E-state index in [1.165, 1.54) is 6.08 Å². The number of benzene rings is 2. The van der Waals surface area contributed by atoms with Gasteiger partial charge in [-0.2, -0.15) is 15.5 Å². The van der Waals surface area contributed by atoms with Gasteiger partial charge >= 0.3 is 0 Å². The predicted octanol–water partition coefficient (Wildman–Crippen LogP) is 4.70. The molecule has 7 nitrogen and oxygen atoms in total. The Morgan fingerprint density at radius 1 is 1.00 bits per heavy atom. The standard InChI is InChI=1S/C19H10ClF2N7/c20-17-18(25-13-5-3-11(10-24)4-6-13)27-19(29-28-17)26-16-14(21)8-12(2-1-7-23)9-15(16)22/h1-6,8-9H,(H2,25,26,27,29). The average molecular weight is 410 g/mol. The van der Waals surface area contributed by atoms with Crippen LogP contribution in [0, 0.1) is 34.3 Å². The van der Waals surface area contributed by atoms with Crippen LogP contribution in [0.5, 0.6) is 0 Å². The molecule has 0 radical (unpaired) electrons. The Labute approximate surface area is 168 Å². The van der Waals surface area contributed by atoms with Crippen molar-refractivity contribution < 1.29 is 8.78 Å². The molecule has 0 unspecified atom stereocenters. The molecule has 0 spiro atoms. The molecule has 10 heteroatoms. The summed E-state index contributed by atoms with van der Waals surface area (Å²) < 4.78 is 28.5. The Kier molecular flexibility index (Phi) is 5.93. The maximum absolute atomic E-state index is 14.3. The zero-order chi connectivity index (χ0) is 20.8. The molecular formula is C19H10ClF2N7. The first kappa shape index (κ1) is 19.7. The SMILES string of the molecule is N#CC=Cc1cc(F)c(Nc2nnc(Cl)c(Nc3ccc(C#N)cc3)n2)c(F)c1. The van der Waals surface area contributed by atoms with Gasteiger partial charge in [-0.05, 0) is 48.0 Å². The van der Waals surface area contributed by atoms with Gasteiger partial charge in [0.15, 0.2) is 11.0 Å². The zero-order valence-electron chi connectivity index (χ0n) is 14.5. The molecule has 29 heavy (non-hydrogen) atoms. The van der Waals surface area contributed by atoms with Gasteiger partial charge < -0.3 is 10.6 Å². The topological polar surface area (TPSA) is 110 Å². The fourth-order valence-electron chi connectivity index (χ4n) is 2.26. The van der Waals surface area contributed by atoms with Crippen molar-refractivity contribution in [3.8, 4) is 12.1 Å². The highest BCUT2D eigenvalue weighted by Crippen LogP contribution is 2.26. The Morgan fingerprint density at radius 2 is 1.69 bits per heavy atom. The minimum absolute atomic E-state index is 0.0576. The number of hydrogen-bond acceptors (Lipinski definition) is 7. The minimum atomic E-state index is -0.900. The predicted molar refractivity (Wildman–Crippen MR) is 104 cm³/mol. The Morgan fingerprint density at radius 3 is 2.31 bits per heavy atom. The van der Waals surface area contributed by atoms with E-state index in [-0.39, 0.29) is 22.5 Å². The zero-order valence-corrected chi connectivity index (χ0v) is 15.2. The molecule has 0 aliphatic rings. The van der Waals surface area contributed by atoms with Crippen LogP contribution in [0.25, 0.3) is 6.08 Å². The van der Waals surface area contributed by atoms with E-state index >= 15 is 0 Å². The molecule has 0 aliphatic heterocycles. The molecule has 0 bridgehead atoms. The molecule has 1 heterocycles.